The normalized spacial score (nSPS) is 26.2. The Balaban J connectivity index is 3.46. The molecule has 1 aliphatic heterocycles. The number of hydrogen-bond acceptors (Lipinski definition) is 12. The molecule has 1 aliphatic rings. The maximum Gasteiger partial charge on any atom is 0.303 e. The van der Waals surface area contributed by atoms with Crippen molar-refractivity contribution in [3.8, 4) is 0 Å². The lowest BCUT2D eigenvalue weighted by Gasteiger charge is -2.45. The first-order valence-electron chi connectivity index (χ1n) is 9.55. The van der Waals surface area contributed by atoms with E-state index in [4.69, 9.17) is 33.2 Å². The van der Waals surface area contributed by atoms with Crippen molar-refractivity contribution < 1.29 is 57.1 Å². The molecule has 0 N–H and O–H groups in total. The van der Waals surface area contributed by atoms with E-state index < -0.39 is 73.3 Å². The van der Waals surface area contributed by atoms with Crippen molar-refractivity contribution in [2.45, 2.75) is 78.4 Å². The van der Waals surface area contributed by atoms with Crippen LogP contribution in [-0.4, -0.2) is 79.9 Å². The Bertz CT molecular complexity index is 675. The zero-order valence-corrected chi connectivity index (χ0v) is 18.3. The summed E-state index contributed by atoms with van der Waals surface area (Å²) in [6.07, 6.45) is -7.87. The predicted molar refractivity (Wildman–Crippen MR) is 99.1 cm³/mol. The third-order valence-corrected chi connectivity index (χ3v) is 3.90. The van der Waals surface area contributed by atoms with E-state index in [1.165, 1.54) is 0 Å². The Kier molecular flexibility index (Phi) is 10.4. The Labute approximate surface area is 179 Å². The fraction of sp³-hybridized carbons (Fsp3) is 0.737. The van der Waals surface area contributed by atoms with Crippen molar-refractivity contribution >= 4 is 29.8 Å². The average Bonchev–Trinajstić information content (AvgIpc) is 2.62. The average molecular weight is 448 g/mol. The van der Waals surface area contributed by atoms with Crippen LogP contribution in [0.4, 0.5) is 0 Å². The highest BCUT2D eigenvalue weighted by Crippen LogP contribution is 2.32. The van der Waals surface area contributed by atoms with E-state index in [2.05, 4.69) is 0 Å². The highest BCUT2D eigenvalue weighted by molar-refractivity contribution is 5.69. The maximum atomic E-state index is 11.8. The predicted octanol–water partition coefficient (Wildman–Crippen LogP) is 0.0377. The smallest absolute Gasteiger partial charge is 0.303 e. The summed E-state index contributed by atoms with van der Waals surface area (Å²) >= 11 is 0. The molecule has 12 nitrogen and oxygen atoms in total. The molecule has 1 rings (SSSR count). The van der Waals surface area contributed by atoms with Gasteiger partial charge in [-0.25, -0.2) is 0 Å². The topological polar surface area (TPSA) is 150 Å². The van der Waals surface area contributed by atoms with Gasteiger partial charge in [-0.05, 0) is 6.92 Å². The molecule has 0 aromatic carbocycles. The molecule has 12 heteroatoms. The first-order chi connectivity index (χ1) is 14.5. The Morgan fingerprint density at radius 1 is 0.742 bits per heavy atom. The van der Waals surface area contributed by atoms with Crippen molar-refractivity contribution in [3.05, 3.63) is 0 Å². The van der Waals surface area contributed by atoms with Crippen LogP contribution in [0.25, 0.3) is 0 Å². The minimum atomic E-state index is -1.39. The highest BCUT2D eigenvalue weighted by atomic mass is 16.7. The van der Waals surface area contributed by atoms with Gasteiger partial charge in [-0.3, -0.25) is 24.0 Å². The second-order valence-corrected chi connectivity index (χ2v) is 6.60. The maximum absolute atomic E-state index is 11.8. The van der Waals surface area contributed by atoms with Gasteiger partial charge >= 0.3 is 29.8 Å². The largest absolute Gasteiger partial charge is 0.462 e. The Morgan fingerprint density at radius 3 is 1.71 bits per heavy atom. The Hall–Kier alpha value is -2.73. The van der Waals surface area contributed by atoms with Gasteiger partial charge in [0.2, 0.25) is 0 Å². The molecule has 6 atom stereocenters. The van der Waals surface area contributed by atoms with Crippen LogP contribution in [-0.2, 0) is 57.1 Å². The number of carbonyl (C=O) groups excluding carboxylic acids is 5. The Morgan fingerprint density at radius 2 is 1.26 bits per heavy atom. The van der Waals surface area contributed by atoms with Gasteiger partial charge in [-0.15, -0.1) is 0 Å². The van der Waals surface area contributed by atoms with Gasteiger partial charge in [0.1, 0.15) is 12.7 Å². The molecule has 0 bridgehead atoms. The summed E-state index contributed by atoms with van der Waals surface area (Å²) < 4.78 is 37.3. The second-order valence-electron chi connectivity index (χ2n) is 6.60. The van der Waals surface area contributed by atoms with Crippen LogP contribution in [0.3, 0.4) is 0 Å². The van der Waals surface area contributed by atoms with Crippen LogP contribution in [0.5, 0.6) is 0 Å². The molecule has 1 saturated heterocycles. The molecule has 1 fully saturated rings. The van der Waals surface area contributed by atoms with E-state index in [1.54, 1.807) is 6.92 Å². The van der Waals surface area contributed by atoms with Gasteiger partial charge < -0.3 is 33.2 Å². The van der Waals surface area contributed by atoms with Gasteiger partial charge in [0, 0.05) is 41.2 Å². The first-order valence-corrected chi connectivity index (χ1v) is 9.55. The number of esters is 5. The molecule has 0 unspecified atom stereocenters. The molecule has 0 aromatic heterocycles. The zero-order valence-electron chi connectivity index (χ0n) is 18.3. The monoisotopic (exact) mass is 448 g/mol. The minimum Gasteiger partial charge on any atom is -0.462 e. The standard InChI is InChI=1S/C19H28O12/c1-7-25-19-18(30-13(6)24)17(29-12(5)23)16(28-11(4)22)15(31-19)14(27-10(3)21)8-26-9(2)20/h14-19H,7-8H2,1-6H3/t14-,15+,16-,17-,18+,19-/m1/s1. The van der Waals surface area contributed by atoms with Gasteiger partial charge in [0.05, 0.1) is 0 Å². The van der Waals surface area contributed by atoms with E-state index in [9.17, 15) is 24.0 Å². The third kappa shape index (κ3) is 8.50. The summed E-state index contributed by atoms with van der Waals surface area (Å²) in [5, 5.41) is 0. The van der Waals surface area contributed by atoms with Crippen LogP contribution in [0.2, 0.25) is 0 Å². The highest BCUT2D eigenvalue weighted by Gasteiger charge is 2.55. The second kappa shape index (κ2) is 12.2. The summed E-state index contributed by atoms with van der Waals surface area (Å²) in [6.45, 7) is 6.92. The van der Waals surface area contributed by atoms with Crippen molar-refractivity contribution in [2.24, 2.45) is 0 Å². The lowest BCUT2D eigenvalue weighted by molar-refractivity contribution is -0.317. The molecule has 0 amide bonds. The van der Waals surface area contributed by atoms with E-state index in [-0.39, 0.29) is 6.61 Å². The van der Waals surface area contributed by atoms with Gasteiger partial charge in [-0.1, -0.05) is 0 Å². The summed E-state index contributed by atoms with van der Waals surface area (Å²) in [4.78, 5) is 58.1. The summed E-state index contributed by atoms with van der Waals surface area (Å²) in [5.74, 6) is -3.67. The quantitative estimate of drug-likeness (QED) is 0.346. The molecule has 0 radical (unpaired) electrons. The van der Waals surface area contributed by atoms with E-state index in [1.807, 2.05) is 0 Å². The van der Waals surface area contributed by atoms with Crippen LogP contribution in [0.15, 0.2) is 0 Å². The first kappa shape index (κ1) is 26.3. The SMILES string of the molecule is CCO[C@@H]1O[C@@H]([C@@H](COC(C)=O)OC(C)=O)[C@@H](OC(C)=O)[C@@H](OC(C)=O)[C@@H]1OC(C)=O. The number of rotatable bonds is 9. The fourth-order valence-electron chi connectivity index (χ4n) is 3.01. The number of carbonyl (C=O) groups is 5. The van der Waals surface area contributed by atoms with Crippen molar-refractivity contribution in [3.63, 3.8) is 0 Å². The van der Waals surface area contributed by atoms with E-state index >= 15 is 0 Å². The fourth-order valence-corrected chi connectivity index (χ4v) is 3.01. The molecular weight excluding hydrogens is 420 g/mol. The van der Waals surface area contributed by atoms with Crippen LogP contribution >= 0.6 is 0 Å². The van der Waals surface area contributed by atoms with Crippen LogP contribution in [0.1, 0.15) is 41.5 Å². The van der Waals surface area contributed by atoms with E-state index in [0.29, 0.717) is 0 Å². The molecular formula is C19H28O12. The van der Waals surface area contributed by atoms with Crippen LogP contribution in [0, 0.1) is 0 Å². The third-order valence-electron chi connectivity index (χ3n) is 3.90. The lowest BCUT2D eigenvalue weighted by Crippen LogP contribution is -2.65. The van der Waals surface area contributed by atoms with Gasteiger partial charge in [0.15, 0.2) is 30.7 Å². The molecule has 0 aromatic rings. The van der Waals surface area contributed by atoms with Crippen molar-refractivity contribution in [1.29, 1.82) is 0 Å². The summed E-state index contributed by atoms with van der Waals surface area (Å²) in [5.41, 5.74) is 0. The van der Waals surface area contributed by atoms with Crippen molar-refractivity contribution in [1.82, 2.24) is 0 Å². The number of hydrogen-bond donors (Lipinski definition) is 0. The minimum absolute atomic E-state index is 0.113. The number of ether oxygens (including phenoxy) is 7. The molecule has 0 aliphatic carbocycles. The van der Waals surface area contributed by atoms with Crippen molar-refractivity contribution in [2.75, 3.05) is 13.2 Å². The van der Waals surface area contributed by atoms with Gasteiger partial charge in [0.25, 0.3) is 0 Å². The van der Waals surface area contributed by atoms with Gasteiger partial charge in [-0.2, -0.15) is 0 Å². The van der Waals surface area contributed by atoms with Crippen LogP contribution < -0.4 is 0 Å². The zero-order chi connectivity index (χ0) is 23.7. The lowest BCUT2D eigenvalue weighted by atomic mass is 9.94. The molecule has 176 valence electrons. The molecule has 0 spiro atoms. The molecule has 1 heterocycles. The summed E-state index contributed by atoms with van der Waals surface area (Å²) in [7, 11) is 0. The molecule has 31 heavy (non-hydrogen) atoms. The molecule has 0 saturated carbocycles. The summed E-state index contributed by atoms with van der Waals surface area (Å²) in [6, 6.07) is 0. The van der Waals surface area contributed by atoms with E-state index in [0.717, 1.165) is 34.6 Å².